The lowest BCUT2D eigenvalue weighted by Gasteiger charge is -2.22. The fourth-order valence-corrected chi connectivity index (χ4v) is 4.15. The highest BCUT2D eigenvalue weighted by Crippen LogP contribution is 2.26. The van der Waals surface area contributed by atoms with E-state index in [-0.39, 0.29) is 0 Å². The fourth-order valence-electron chi connectivity index (χ4n) is 2.10. The van der Waals surface area contributed by atoms with Crippen LogP contribution in [0.1, 0.15) is 58.3 Å². The van der Waals surface area contributed by atoms with Crippen molar-refractivity contribution in [3.63, 3.8) is 0 Å². The summed E-state index contributed by atoms with van der Waals surface area (Å²) in [6.45, 7) is 2.59. The Bertz CT molecular complexity index is 149. The highest BCUT2D eigenvalue weighted by Gasteiger charge is 2.18. The van der Waals surface area contributed by atoms with Crippen LogP contribution in [0, 0.1) is 0 Å². The third-order valence-corrected chi connectivity index (χ3v) is 5.72. The van der Waals surface area contributed by atoms with Crippen molar-refractivity contribution in [3.8, 4) is 0 Å². The molecule has 0 saturated heterocycles. The van der Waals surface area contributed by atoms with Crippen LogP contribution in [0.25, 0.3) is 0 Å². The van der Waals surface area contributed by atoms with Gasteiger partial charge in [-0.15, -0.1) is 0 Å². The lowest BCUT2D eigenvalue weighted by molar-refractivity contribution is 0.290. The van der Waals surface area contributed by atoms with Crippen molar-refractivity contribution < 1.29 is 5.11 Å². The van der Waals surface area contributed by atoms with Gasteiger partial charge in [0.2, 0.25) is 0 Å². The molecular weight excluding hydrogens is 248 g/mol. The number of thioether (sulfide) groups is 2. The van der Waals surface area contributed by atoms with Crippen molar-refractivity contribution in [1.82, 2.24) is 0 Å². The number of aliphatic hydroxyl groups is 1. The number of hydrogen-bond acceptors (Lipinski definition) is 3. The predicted octanol–water partition coefficient (Wildman–Crippen LogP) is 4.58. The quantitative estimate of drug-likeness (QED) is 0.528. The van der Waals surface area contributed by atoms with Gasteiger partial charge in [0.15, 0.2) is 0 Å². The molecule has 0 aromatic heterocycles. The Morgan fingerprint density at radius 1 is 0.824 bits per heavy atom. The molecule has 2 unspecified atom stereocenters. The van der Waals surface area contributed by atoms with Crippen LogP contribution in [0.5, 0.6) is 0 Å². The van der Waals surface area contributed by atoms with E-state index in [2.05, 4.69) is 19.4 Å². The zero-order valence-corrected chi connectivity index (χ0v) is 13.4. The standard InChI is InChI=1S/C14H30OS2/c1-4-5-6-7-8-9-10-11-13(16-2)14(12-15)17-3/h13-15H,4-12H2,1-3H3. The van der Waals surface area contributed by atoms with E-state index in [0.717, 1.165) is 0 Å². The molecule has 0 aliphatic heterocycles. The van der Waals surface area contributed by atoms with Gasteiger partial charge < -0.3 is 5.11 Å². The van der Waals surface area contributed by atoms with Gasteiger partial charge in [-0.2, -0.15) is 23.5 Å². The van der Waals surface area contributed by atoms with Gasteiger partial charge in [0.1, 0.15) is 0 Å². The van der Waals surface area contributed by atoms with Gasteiger partial charge in [-0.05, 0) is 18.9 Å². The third-order valence-electron chi connectivity index (χ3n) is 3.29. The van der Waals surface area contributed by atoms with Crippen LogP contribution in [-0.2, 0) is 0 Å². The number of unbranched alkanes of at least 4 members (excludes halogenated alkanes) is 6. The number of rotatable bonds is 12. The zero-order valence-electron chi connectivity index (χ0n) is 11.8. The Morgan fingerprint density at radius 2 is 1.35 bits per heavy atom. The third kappa shape index (κ3) is 9.26. The second-order valence-electron chi connectivity index (χ2n) is 4.64. The molecule has 0 aliphatic rings. The molecule has 0 fully saturated rings. The van der Waals surface area contributed by atoms with Crippen LogP contribution < -0.4 is 0 Å². The molecule has 0 aromatic carbocycles. The molecule has 0 radical (unpaired) electrons. The molecule has 0 heterocycles. The van der Waals surface area contributed by atoms with Gasteiger partial charge in [0.25, 0.3) is 0 Å². The first-order valence-corrected chi connectivity index (χ1v) is 9.54. The molecule has 0 amide bonds. The SMILES string of the molecule is CCCCCCCCCC(SC)C(CO)SC. The van der Waals surface area contributed by atoms with Crippen LogP contribution in [-0.4, -0.2) is 34.7 Å². The minimum Gasteiger partial charge on any atom is -0.395 e. The maximum atomic E-state index is 9.29. The maximum Gasteiger partial charge on any atom is 0.0560 e. The van der Waals surface area contributed by atoms with E-state index in [1.54, 1.807) is 11.8 Å². The topological polar surface area (TPSA) is 20.2 Å². The first-order valence-electron chi connectivity index (χ1n) is 6.96. The van der Waals surface area contributed by atoms with E-state index in [9.17, 15) is 5.11 Å². The molecule has 1 nitrogen and oxygen atoms in total. The first-order chi connectivity index (χ1) is 8.29. The molecule has 0 bridgehead atoms. The van der Waals surface area contributed by atoms with Gasteiger partial charge in [-0.25, -0.2) is 0 Å². The molecule has 0 spiro atoms. The lowest BCUT2D eigenvalue weighted by atomic mass is 10.1. The smallest absolute Gasteiger partial charge is 0.0560 e. The van der Waals surface area contributed by atoms with Crippen LogP contribution in [0.3, 0.4) is 0 Å². The lowest BCUT2D eigenvalue weighted by Crippen LogP contribution is -2.23. The first kappa shape index (κ1) is 17.7. The van der Waals surface area contributed by atoms with Crippen LogP contribution >= 0.6 is 23.5 Å². The average molecular weight is 279 g/mol. The zero-order chi connectivity index (χ0) is 12.9. The molecule has 0 rings (SSSR count). The monoisotopic (exact) mass is 278 g/mol. The van der Waals surface area contributed by atoms with Crippen LogP contribution in [0.2, 0.25) is 0 Å². The molecule has 0 aliphatic carbocycles. The summed E-state index contributed by atoms with van der Waals surface area (Å²) in [5, 5.41) is 10.3. The molecule has 3 heteroatoms. The summed E-state index contributed by atoms with van der Waals surface area (Å²) in [6.07, 6.45) is 15.2. The van der Waals surface area contributed by atoms with Gasteiger partial charge in [0.05, 0.1) is 6.61 Å². The molecule has 104 valence electrons. The van der Waals surface area contributed by atoms with Gasteiger partial charge in [-0.1, -0.05) is 51.9 Å². The largest absolute Gasteiger partial charge is 0.395 e. The highest BCUT2D eigenvalue weighted by atomic mass is 32.2. The second-order valence-corrected chi connectivity index (χ2v) is 6.79. The summed E-state index contributed by atoms with van der Waals surface area (Å²) >= 11 is 3.72. The number of hydrogen-bond donors (Lipinski definition) is 1. The van der Waals surface area contributed by atoms with Crippen molar-refractivity contribution in [3.05, 3.63) is 0 Å². The predicted molar refractivity (Wildman–Crippen MR) is 84.3 cm³/mol. The summed E-state index contributed by atoms with van der Waals surface area (Å²) in [7, 11) is 0. The molecule has 1 N–H and O–H groups in total. The van der Waals surface area contributed by atoms with Crippen molar-refractivity contribution >= 4 is 23.5 Å². The average Bonchev–Trinajstić information content (AvgIpc) is 2.36. The molecule has 17 heavy (non-hydrogen) atoms. The minimum absolute atomic E-state index is 0.323. The summed E-state index contributed by atoms with van der Waals surface area (Å²) < 4.78 is 0. The van der Waals surface area contributed by atoms with Crippen molar-refractivity contribution in [2.24, 2.45) is 0 Å². The van der Waals surface area contributed by atoms with Crippen molar-refractivity contribution in [2.45, 2.75) is 68.8 Å². The van der Waals surface area contributed by atoms with Gasteiger partial charge in [0, 0.05) is 10.5 Å². The molecule has 0 saturated carbocycles. The summed E-state index contributed by atoms with van der Waals surface area (Å²) in [5.74, 6) is 0. The van der Waals surface area contributed by atoms with E-state index in [1.807, 2.05) is 11.8 Å². The molecule has 0 aromatic rings. The van der Waals surface area contributed by atoms with Crippen LogP contribution in [0.15, 0.2) is 0 Å². The van der Waals surface area contributed by atoms with E-state index in [1.165, 1.54) is 51.4 Å². The van der Waals surface area contributed by atoms with E-state index in [0.29, 0.717) is 17.1 Å². The summed E-state index contributed by atoms with van der Waals surface area (Å²) in [5.41, 5.74) is 0. The van der Waals surface area contributed by atoms with Crippen molar-refractivity contribution in [1.29, 1.82) is 0 Å². The van der Waals surface area contributed by atoms with Crippen molar-refractivity contribution in [2.75, 3.05) is 19.1 Å². The Labute approximate surface area is 117 Å². The summed E-state index contributed by atoms with van der Waals surface area (Å²) in [6, 6.07) is 0. The van der Waals surface area contributed by atoms with Crippen LogP contribution in [0.4, 0.5) is 0 Å². The second kappa shape index (κ2) is 13.1. The van der Waals surface area contributed by atoms with E-state index < -0.39 is 0 Å². The maximum absolute atomic E-state index is 9.29. The molecular formula is C14H30OS2. The Balaban J connectivity index is 3.49. The van der Waals surface area contributed by atoms with Gasteiger partial charge >= 0.3 is 0 Å². The molecule has 2 atom stereocenters. The Kier molecular flexibility index (Phi) is 13.6. The van der Waals surface area contributed by atoms with E-state index >= 15 is 0 Å². The van der Waals surface area contributed by atoms with E-state index in [4.69, 9.17) is 0 Å². The minimum atomic E-state index is 0.323. The summed E-state index contributed by atoms with van der Waals surface area (Å²) in [4.78, 5) is 0. The number of aliphatic hydroxyl groups excluding tert-OH is 1. The Hall–Kier alpha value is 0.660. The fraction of sp³-hybridized carbons (Fsp3) is 1.00. The normalized spacial score (nSPS) is 14.8. The highest BCUT2D eigenvalue weighted by molar-refractivity contribution is 8.03. The van der Waals surface area contributed by atoms with Gasteiger partial charge in [-0.3, -0.25) is 0 Å². The Morgan fingerprint density at radius 3 is 1.82 bits per heavy atom.